The number of aryl methyl sites for hydroxylation is 1. The Labute approximate surface area is 229 Å². The molecular formula is C29H28F3N5O3. The van der Waals surface area contributed by atoms with Gasteiger partial charge < -0.3 is 20.8 Å². The first-order valence-electron chi connectivity index (χ1n) is 12.3. The van der Waals surface area contributed by atoms with Crippen LogP contribution in [-0.2, 0) is 11.8 Å². The van der Waals surface area contributed by atoms with Crippen molar-refractivity contribution in [3.8, 4) is 22.4 Å². The van der Waals surface area contributed by atoms with Gasteiger partial charge in [0.15, 0.2) is 0 Å². The van der Waals surface area contributed by atoms with Crippen LogP contribution in [0, 0.1) is 6.92 Å². The van der Waals surface area contributed by atoms with E-state index in [0.29, 0.717) is 45.6 Å². The first kappa shape index (κ1) is 28.7. The molecule has 0 aliphatic heterocycles. The molecule has 0 fully saturated rings. The van der Waals surface area contributed by atoms with Gasteiger partial charge in [-0.2, -0.15) is 13.2 Å². The fraction of sp³-hybridized carbons (Fsp3) is 0.241. The van der Waals surface area contributed by atoms with Gasteiger partial charge in [-0.05, 0) is 92.9 Å². The minimum atomic E-state index is -4.67. The quantitative estimate of drug-likeness (QED) is 0.216. The third kappa shape index (κ3) is 6.80. The molecule has 1 atom stereocenters. The van der Waals surface area contributed by atoms with Gasteiger partial charge in [0.2, 0.25) is 0 Å². The summed E-state index contributed by atoms with van der Waals surface area (Å²) < 4.78 is 39.2. The zero-order valence-corrected chi connectivity index (χ0v) is 22.2. The SMILES string of the molecule is Cc1ccc(NC(=O)c2ccnc(C(F)(F)F)c2)cc1-c1cc(-c2ccnc(NC(C)O)c2)nc(C(C)(C)O)c1. The molecule has 4 aromatic rings. The maximum absolute atomic E-state index is 13.1. The molecule has 0 radical (unpaired) electrons. The van der Waals surface area contributed by atoms with E-state index in [1.165, 1.54) is 6.07 Å². The number of aliphatic hydroxyl groups excluding tert-OH is 1. The normalized spacial score (nSPS) is 12.6. The van der Waals surface area contributed by atoms with Crippen molar-refractivity contribution in [2.45, 2.75) is 45.7 Å². The monoisotopic (exact) mass is 551 g/mol. The molecule has 0 aliphatic rings. The molecule has 0 bridgehead atoms. The zero-order chi connectivity index (χ0) is 29.2. The van der Waals surface area contributed by atoms with Crippen LogP contribution in [0.5, 0.6) is 0 Å². The highest BCUT2D eigenvalue weighted by Gasteiger charge is 2.33. The standard InChI is InChI=1S/C29H28F3N5O3/c1-16-5-6-21(36-27(39)19-8-9-33-25(12-19)29(30,31)32)15-22(16)20-11-23(37-24(13-20)28(3,4)40)18-7-10-34-26(14-18)35-17(2)38/h5-15,17,38,40H,1-4H3,(H,34,35)(H,36,39). The number of carbonyl (C=O) groups is 1. The molecule has 0 saturated carbocycles. The fourth-order valence-electron chi connectivity index (χ4n) is 3.97. The summed E-state index contributed by atoms with van der Waals surface area (Å²) in [4.78, 5) is 24.9. The second-order valence-corrected chi connectivity index (χ2v) is 9.85. The Balaban J connectivity index is 1.74. The summed E-state index contributed by atoms with van der Waals surface area (Å²) in [6.07, 6.45) is -2.98. The lowest BCUT2D eigenvalue weighted by molar-refractivity contribution is -0.141. The Morgan fingerprint density at radius 2 is 1.65 bits per heavy atom. The van der Waals surface area contributed by atoms with Crippen LogP contribution in [0.3, 0.4) is 0 Å². The molecule has 4 rings (SSSR count). The van der Waals surface area contributed by atoms with Crippen molar-refractivity contribution in [1.29, 1.82) is 0 Å². The molecule has 1 aromatic carbocycles. The van der Waals surface area contributed by atoms with Gasteiger partial charge in [0.1, 0.15) is 23.3 Å². The number of hydrogen-bond donors (Lipinski definition) is 4. The Morgan fingerprint density at radius 3 is 2.33 bits per heavy atom. The number of nitrogens with one attached hydrogen (secondary N) is 2. The molecular weight excluding hydrogens is 523 g/mol. The van der Waals surface area contributed by atoms with Crippen LogP contribution in [0.4, 0.5) is 24.7 Å². The number of pyridine rings is 3. The van der Waals surface area contributed by atoms with Crippen LogP contribution in [0.2, 0.25) is 0 Å². The summed E-state index contributed by atoms with van der Waals surface area (Å²) in [6.45, 7) is 6.67. The Hall–Kier alpha value is -4.35. The predicted molar refractivity (Wildman–Crippen MR) is 145 cm³/mol. The van der Waals surface area contributed by atoms with Crippen molar-refractivity contribution >= 4 is 17.4 Å². The molecule has 208 valence electrons. The third-order valence-corrected chi connectivity index (χ3v) is 5.98. The van der Waals surface area contributed by atoms with Gasteiger partial charge in [0.25, 0.3) is 5.91 Å². The van der Waals surface area contributed by atoms with Gasteiger partial charge in [-0.25, -0.2) is 9.97 Å². The van der Waals surface area contributed by atoms with Crippen molar-refractivity contribution in [3.63, 3.8) is 0 Å². The minimum absolute atomic E-state index is 0.181. The van der Waals surface area contributed by atoms with Gasteiger partial charge in [-0.3, -0.25) is 9.78 Å². The van der Waals surface area contributed by atoms with Crippen LogP contribution >= 0.6 is 0 Å². The summed E-state index contributed by atoms with van der Waals surface area (Å²) in [5, 5.41) is 25.9. The molecule has 8 nitrogen and oxygen atoms in total. The topological polar surface area (TPSA) is 120 Å². The molecule has 0 spiro atoms. The van der Waals surface area contributed by atoms with Gasteiger partial charge in [-0.15, -0.1) is 0 Å². The van der Waals surface area contributed by atoms with Crippen LogP contribution < -0.4 is 10.6 Å². The van der Waals surface area contributed by atoms with Crippen molar-refractivity contribution in [2.75, 3.05) is 10.6 Å². The number of aromatic nitrogens is 3. The lowest BCUT2D eigenvalue weighted by atomic mass is 9.94. The van der Waals surface area contributed by atoms with Gasteiger partial charge in [0, 0.05) is 29.2 Å². The summed E-state index contributed by atoms with van der Waals surface area (Å²) in [7, 11) is 0. The number of benzene rings is 1. The van der Waals surface area contributed by atoms with E-state index >= 15 is 0 Å². The maximum atomic E-state index is 13.1. The second kappa shape index (κ2) is 11.0. The Kier molecular flexibility index (Phi) is 7.90. The number of halogens is 3. The maximum Gasteiger partial charge on any atom is 0.433 e. The summed E-state index contributed by atoms with van der Waals surface area (Å²) in [5.74, 6) is -0.277. The summed E-state index contributed by atoms with van der Waals surface area (Å²) in [5.41, 5.74) is 1.63. The number of hydrogen-bond acceptors (Lipinski definition) is 7. The number of rotatable bonds is 7. The van der Waals surface area contributed by atoms with E-state index in [-0.39, 0.29) is 5.56 Å². The van der Waals surface area contributed by atoms with E-state index in [2.05, 4.69) is 25.6 Å². The van der Waals surface area contributed by atoms with E-state index < -0.39 is 29.6 Å². The molecule has 1 amide bonds. The molecule has 3 aromatic heterocycles. The van der Waals surface area contributed by atoms with Crippen molar-refractivity contribution < 1.29 is 28.2 Å². The predicted octanol–water partition coefficient (Wildman–Crippen LogP) is 5.76. The average Bonchev–Trinajstić information content (AvgIpc) is 2.88. The van der Waals surface area contributed by atoms with E-state index in [1.54, 1.807) is 63.4 Å². The smallest absolute Gasteiger partial charge is 0.384 e. The molecule has 0 saturated heterocycles. The number of anilines is 2. The van der Waals surface area contributed by atoms with Crippen molar-refractivity contribution in [1.82, 2.24) is 15.0 Å². The fourth-order valence-corrected chi connectivity index (χ4v) is 3.97. The second-order valence-electron chi connectivity index (χ2n) is 9.85. The van der Waals surface area contributed by atoms with Gasteiger partial charge in [-0.1, -0.05) is 6.07 Å². The molecule has 1 unspecified atom stereocenters. The summed E-state index contributed by atoms with van der Waals surface area (Å²) >= 11 is 0. The average molecular weight is 552 g/mol. The number of amides is 1. The van der Waals surface area contributed by atoms with Crippen LogP contribution in [0.25, 0.3) is 22.4 Å². The highest BCUT2D eigenvalue weighted by molar-refractivity contribution is 6.04. The molecule has 4 N–H and O–H groups in total. The van der Waals surface area contributed by atoms with Gasteiger partial charge >= 0.3 is 6.18 Å². The zero-order valence-electron chi connectivity index (χ0n) is 22.2. The third-order valence-electron chi connectivity index (χ3n) is 5.98. The van der Waals surface area contributed by atoms with Crippen LogP contribution in [0.15, 0.2) is 67.0 Å². The van der Waals surface area contributed by atoms with E-state index in [0.717, 1.165) is 11.8 Å². The Morgan fingerprint density at radius 1 is 0.925 bits per heavy atom. The lowest BCUT2D eigenvalue weighted by Crippen LogP contribution is -2.18. The number of aliphatic hydroxyl groups is 2. The highest BCUT2D eigenvalue weighted by atomic mass is 19.4. The number of carbonyl (C=O) groups excluding carboxylic acids is 1. The first-order valence-corrected chi connectivity index (χ1v) is 12.3. The molecule has 0 aliphatic carbocycles. The molecule has 40 heavy (non-hydrogen) atoms. The number of nitrogens with zero attached hydrogens (tertiary/aromatic N) is 3. The summed E-state index contributed by atoms with van der Waals surface area (Å²) in [6, 6.07) is 14.1. The van der Waals surface area contributed by atoms with E-state index in [4.69, 9.17) is 0 Å². The highest BCUT2D eigenvalue weighted by Crippen LogP contribution is 2.34. The van der Waals surface area contributed by atoms with E-state index in [1.807, 2.05) is 13.0 Å². The lowest BCUT2D eigenvalue weighted by Gasteiger charge is -2.20. The first-order chi connectivity index (χ1) is 18.7. The minimum Gasteiger partial charge on any atom is -0.384 e. The van der Waals surface area contributed by atoms with E-state index in [9.17, 15) is 28.2 Å². The largest absolute Gasteiger partial charge is 0.433 e. The van der Waals surface area contributed by atoms with Crippen molar-refractivity contribution in [3.05, 3.63) is 89.5 Å². The van der Waals surface area contributed by atoms with Crippen molar-refractivity contribution in [2.24, 2.45) is 0 Å². The van der Waals surface area contributed by atoms with Crippen LogP contribution in [0.1, 0.15) is 48.1 Å². The molecule has 11 heteroatoms. The Bertz CT molecular complexity index is 1550. The molecule has 3 heterocycles. The number of alkyl halides is 3. The van der Waals surface area contributed by atoms with Crippen LogP contribution in [-0.4, -0.2) is 37.3 Å². The van der Waals surface area contributed by atoms with Gasteiger partial charge in [0.05, 0.1) is 11.4 Å².